The molecule has 0 aromatic rings. The lowest BCUT2D eigenvalue weighted by Crippen LogP contribution is -2.40. The van der Waals surface area contributed by atoms with Gasteiger partial charge in [-0.25, -0.2) is 0 Å². The monoisotopic (exact) mass is 443 g/mol. The highest BCUT2D eigenvalue weighted by Gasteiger charge is 2.34. The number of unbranched alkanes of at least 4 members (excludes halogenated alkanes) is 1. The molecule has 0 aromatic carbocycles. The summed E-state index contributed by atoms with van der Waals surface area (Å²) in [5, 5.41) is 15.8. The van der Waals surface area contributed by atoms with Crippen molar-refractivity contribution in [2.45, 2.75) is 39.5 Å². The van der Waals surface area contributed by atoms with Gasteiger partial charge in [0, 0.05) is 38.3 Å². The van der Waals surface area contributed by atoms with Crippen LogP contribution in [-0.2, 0) is 9.47 Å². The van der Waals surface area contributed by atoms with Gasteiger partial charge in [0.05, 0.1) is 19.8 Å². The molecule has 1 aliphatic rings. The fourth-order valence-corrected chi connectivity index (χ4v) is 2.47. The Balaban J connectivity index is 0.00000484. The van der Waals surface area contributed by atoms with E-state index in [4.69, 9.17) is 9.47 Å². The molecule has 1 atom stereocenters. The van der Waals surface area contributed by atoms with Gasteiger partial charge in [-0.1, -0.05) is 13.3 Å². The Hall–Kier alpha value is -0.120. The number of ether oxygens (including phenoxy) is 2. The second kappa shape index (κ2) is 14.2. The van der Waals surface area contributed by atoms with Gasteiger partial charge in [0.1, 0.15) is 0 Å². The summed E-state index contributed by atoms with van der Waals surface area (Å²) < 4.78 is 11.0. The van der Waals surface area contributed by atoms with Crippen molar-refractivity contribution in [3.05, 3.63) is 0 Å². The van der Waals surface area contributed by atoms with Crippen molar-refractivity contribution in [3.8, 4) is 0 Å². The Kier molecular flexibility index (Phi) is 14.2. The van der Waals surface area contributed by atoms with Crippen molar-refractivity contribution in [1.82, 2.24) is 10.6 Å². The molecule has 3 N–H and O–H groups in total. The minimum absolute atomic E-state index is 0. The van der Waals surface area contributed by atoms with Crippen LogP contribution in [0.15, 0.2) is 4.99 Å². The van der Waals surface area contributed by atoms with Crippen molar-refractivity contribution in [2.24, 2.45) is 10.4 Å². The number of hydrogen-bond acceptors (Lipinski definition) is 4. The number of aliphatic hydroxyl groups excluding tert-OH is 1. The molecule has 7 heteroatoms. The summed E-state index contributed by atoms with van der Waals surface area (Å²) in [6.07, 6.45) is 3.98. The van der Waals surface area contributed by atoms with Crippen LogP contribution >= 0.6 is 24.0 Å². The molecular weight excluding hydrogens is 409 g/mol. The summed E-state index contributed by atoms with van der Waals surface area (Å²) in [6, 6.07) is 0. The molecule has 0 aromatic heterocycles. The number of aliphatic imine (C=N–C) groups is 1. The van der Waals surface area contributed by atoms with Gasteiger partial charge < -0.3 is 25.2 Å². The van der Waals surface area contributed by atoms with Gasteiger partial charge in [-0.05, 0) is 26.2 Å². The quantitative estimate of drug-likeness (QED) is 0.197. The third-order valence-corrected chi connectivity index (χ3v) is 3.92. The summed E-state index contributed by atoms with van der Waals surface area (Å²) >= 11 is 0. The molecule has 0 radical (unpaired) electrons. The maximum absolute atomic E-state index is 9.25. The van der Waals surface area contributed by atoms with Gasteiger partial charge in [-0.3, -0.25) is 4.99 Å². The predicted molar refractivity (Wildman–Crippen MR) is 105 cm³/mol. The molecule has 0 aliphatic carbocycles. The molecule has 1 aliphatic heterocycles. The molecule has 0 bridgehead atoms. The molecule has 0 amide bonds. The van der Waals surface area contributed by atoms with Crippen LogP contribution in [-0.4, -0.2) is 63.7 Å². The van der Waals surface area contributed by atoms with E-state index in [9.17, 15) is 5.11 Å². The van der Waals surface area contributed by atoms with Crippen molar-refractivity contribution < 1.29 is 14.6 Å². The second-order valence-corrected chi connectivity index (χ2v) is 5.86. The van der Waals surface area contributed by atoms with E-state index in [2.05, 4.69) is 29.5 Å². The molecular formula is C16H34IN3O3. The lowest BCUT2D eigenvalue weighted by Gasteiger charge is -2.24. The standard InChI is InChI=1S/C16H33N3O3.HI/c1-3-5-10-21-12-8-18-15(17-4-2)19-13-16(6-9-20)7-11-22-14-16;/h20H,3-14H2,1-2H3,(H2,17,18,19);1H. The molecule has 0 saturated carbocycles. The van der Waals surface area contributed by atoms with Crippen LogP contribution in [0, 0.1) is 5.41 Å². The van der Waals surface area contributed by atoms with Crippen LogP contribution in [0.5, 0.6) is 0 Å². The lowest BCUT2D eigenvalue weighted by molar-refractivity contribution is 0.130. The molecule has 138 valence electrons. The fraction of sp³-hybridized carbons (Fsp3) is 0.938. The Morgan fingerprint density at radius 3 is 2.74 bits per heavy atom. The van der Waals surface area contributed by atoms with E-state index in [-0.39, 0.29) is 36.0 Å². The third-order valence-electron chi connectivity index (χ3n) is 3.92. The summed E-state index contributed by atoms with van der Waals surface area (Å²) in [6.45, 7) is 9.63. The van der Waals surface area contributed by atoms with Gasteiger partial charge in [-0.15, -0.1) is 24.0 Å². The normalized spacial score (nSPS) is 21.1. The van der Waals surface area contributed by atoms with Crippen LogP contribution < -0.4 is 10.6 Å². The van der Waals surface area contributed by atoms with Crippen LogP contribution in [0.1, 0.15) is 39.5 Å². The van der Waals surface area contributed by atoms with Gasteiger partial charge in [-0.2, -0.15) is 0 Å². The first kappa shape index (κ1) is 22.9. The Morgan fingerprint density at radius 2 is 2.13 bits per heavy atom. The average Bonchev–Trinajstić information content (AvgIpc) is 2.97. The molecule has 1 fully saturated rings. The van der Waals surface area contributed by atoms with E-state index >= 15 is 0 Å². The third kappa shape index (κ3) is 9.69. The van der Waals surface area contributed by atoms with Gasteiger partial charge >= 0.3 is 0 Å². The van der Waals surface area contributed by atoms with E-state index < -0.39 is 0 Å². The maximum atomic E-state index is 9.25. The first-order valence-corrected chi connectivity index (χ1v) is 8.55. The molecule has 6 nitrogen and oxygen atoms in total. The highest BCUT2D eigenvalue weighted by Crippen LogP contribution is 2.32. The molecule has 23 heavy (non-hydrogen) atoms. The molecule has 1 saturated heterocycles. The van der Waals surface area contributed by atoms with E-state index in [1.54, 1.807) is 0 Å². The number of hydrogen-bond donors (Lipinski definition) is 3. The highest BCUT2D eigenvalue weighted by molar-refractivity contribution is 14.0. The Labute approximate surface area is 157 Å². The lowest BCUT2D eigenvalue weighted by atomic mass is 9.84. The van der Waals surface area contributed by atoms with E-state index in [0.29, 0.717) is 19.8 Å². The first-order valence-electron chi connectivity index (χ1n) is 8.55. The summed E-state index contributed by atoms with van der Waals surface area (Å²) in [5.74, 6) is 0.811. The van der Waals surface area contributed by atoms with Gasteiger partial charge in [0.2, 0.25) is 0 Å². The number of halogens is 1. The summed E-state index contributed by atoms with van der Waals surface area (Å²) in [7, 11) is 0. The smallest absolute Gasteiger partial charge is 0.191 e. The summed E-state index contributed by atoms with van der Waals surface area (Å²) in [4.78, 5) is 4.67. The zero-order valence-corrected chi connectivity index (χ0v) is 16.9. The average molecular weight is 443 g/mol. The minimum Gasteiger partial charge on any atom is -0.396 e. The van der Waals surface area contributed by atoms with Crippen molar-refractivity contribution in [2.75, 3.05) is 52.7 Å². The van der Waals surface area contributed by atoms with E-state index in [0.717, 1.165) is 57.9 Å². The number of aliphatic hydroxyl groups is 1. The fourth-order valence-electron chi connectivity index (χ4n) is 2.47. The molecule has 0 spiro atoms. The maximum Gasteiger partial charge on any atom is 0.191 e. The molecule has 1 heterocycles. The first-order chi connectivity index (χ1) is 10.8. The topological polar surface area (TPSA) is 75.1 Å². The van der Waals surface area contributed by atoms with Crippen LogP contribution in [0.25, 0.3) is 0 Å². The summed E-state index contributed by atoms with van der Waals surface area (Å²) in [5.41, 5.74) is -0.00523. The number of nitrogens with zero attached hydrogens (tertiary/aromatic N) is 1. The van der Waals surface area contributed by atoms with E-state index in [1.165, 1.54) is 0 Å². The van der Waals surface area contributed by atoms with Crippen molar-refractivity contribution >= 4 is 29.9 Å². The number of guanidine groups is 1. The number of nitrogens with one attached hydrogen (secondary N) is 2. The van der Waals surface area contributed by atoms with Crippen LogP contribution in [0.2, 0.25) is 0 Å². The Morgan fingerprint density at radius 1 is 1.30 bits per heavy atom. The van der Waals surface area contributed by atoms with Gasteiger partial charge in [0.25, 0.3) is 0 Å². The zero-order chi connectivity index (χ0) is 16.1. The number of rotatable bonds is 11. The van der Waals surface area contributed by atoms with Crippen LogP contribution in [0.3, 0.4) is 0 Å². The molecule has 1 rings (SSSR count). The minimum atomic E-state index is -0.00523. The highest BCUT2D eigenvalue weighted by atomic mass is 127. The van der Waals surface area contributed by atoms with Crippen molar-refractivity contribution in [1.29, 1.82) is 0 Å². The van der Waals surface area contributed by atoms with Crippen molar-refractivity contribution in [3.63, 3.8) is 0 Å². The van der Waals surface area contributed by atoms with E-state index in [1.807, 2.05) is 0 Å². The zero-order valence-electron chi connectivity index (χ0n) is 14.6. The Bertz CT molecular complexity index is 311. The van der Waals surface area contributed by atoms with Gasteiger partial charge in [0.15, 0.2) is 5.96 Å². The predicted octanol–water partition coefficient (Wildman–Crippen LogP) is 1.77. The SMILES string of the molecule is CCCCOCCNC(=NCC1(CCO)CCOC1)NCC.I. The van der Waals surface area contributed by atoms with Crippen LogP contribution in [0.4, 0.5) is 0 Å². The molecule has 1 unspecified atom stereocenters. The largest absolute Gasteiger partial charge is 0.396 e. The second-order valence-electron chi connectivity index (χ2n) is 5.86.